The monoisotopic (exact) mass is 245 g/mol. The summed E-state index contributed by atoms with van der Waals surface area (Å²) in [7, 11) is 0. The Bertz CT molecular complexity index is 278. The van der Waals surface area contributed by atoms with Crippen LogP contribution in [0.4, 0.5) is 0 Å². The van der Waals surface area contributed by atoms with Crippen molar-refractivity contribution in [1.82, 2.24) is 4.98 Å². The lowest BCUT2D eigenvalue weighted by Gasteiger charge is -2.25. The third kappa shape index (κ3) is 1.81. The lowest BCUT2D eigenvalue weighted by molar-refractivity contribution is 0.0455. The van der Waals surface area contributed by atoms with Gasteiger partial charge >= 0.3 is 0 Å². The molecule has 0 atom stereocenters. The lowest BCUT2D eigenvalue weighted by Crippen LogP contribution is -2.30. The number of hydrogen-bond acceptors (Lipinski definition) is 3. The first kappa shape index (κ1) is 8.53. The summed E-state index contributed by atoms with van der Waals surface area (Å²) in [5, 5.41) is 0.628. The second-order valence-corrected chi connectivity index (χ2v) is 4.78. The molecule has 0 spiro atoms. The minimum atomic E-state index is 0.628. The van der Waals surface area contributed by atoms with Crippen LogP contribution in [0.1, 0.15) is 0 Å². The molecule has 1 aliphatic heterocycles. The number of aromatic nitrogens is 1. The van der Waals surface area contributed by atoms with E-state index in [1.165, 1.54) is 4.90 Å². The average Bonchev–Trinajstić information content (AvgIpc) is 2.00. The fourth-order valence-corrected chi connectivity index (χ4v) is 2.44. The van der Waals surface area contributed by atoms with E-state index >= 15 is 0 Å². The normalized spacial score (nSPS) is 17.4. The van der Waals surface area contributed by atoms with E-state index in [2.05, 4.69) is 20.9 Å². The smallest absolute Gasteiger partial charge is 0.0611 e. The molecule has 1 aromatic heterocycles. The molecule has 0 amide bonds. The Morgan fingerprint density at radius 2 is 2.42 bits per heavy atom. The summed E-state index contributed by atoms with van der Waals surface area (Å²) in [5.74, 6) is 0. The van der Waals surface area contributed by atoms with Crippen molar-refractivity contribution in [3.63, 3.8) is 0 Å². The van der Waals surface area contributed by atoms with Gasteiger partial charge in [0.15, 0.2) is 0 Å². The van der Waals surface area contributed by atoms with Gasteiger partial charge in [-0.3, -0.25) is 4.98 Å². The van der Waals surface area contributed by atoms with Crippen LogP contribution in [0.2, 0.25) is 0 Å². The van der Waals surface area contributed by atoms with Gasteiger partial charge in [0, 0.05) is 21.8 Å². The van der Waals surface area contributed by atoms with Crippen LogP contribution in [0.15, 0.2) is 27.8 Å². The van der Waals surface area contributed by atoms with Crippen LogP contribution in [0.5, 0.6) is 0 Å². The molecular weight excluding hydrogens is 238 g/mol. The van der Waals surface area contributed by atoms with Gasteiger partial charge in [-0.05, 0) is 22.0 Å². The molecule has 0 unspecified atom stereocenters. The molecule has 0 aliphatic carbocycles. The molecule has 1 saturated heterocycles. The number of pyridine rings is 1. The molecule has 1 aliphatic rings. The largest absolute Gasteiger partial charge is 0.379 e. The molecule has 12 heavy (non-hydrogen) atoms. The van der Waals surface area contributed by atoms with E-state index in [-0.39, 0.29) is 0 Å². The van der Waals surface area contributed by atoms with Crippen LogP contribution in [0.3, 0.4) is 0 Å². The molecule has 64 valence electrons. The fraction of sp³-hybridized carbons (Fsp3) is 0.375. The maximum Gasteiger partial charge on any atom is 0.0611 e. The van der Waals surface area contributed by atoms with E-state index in [0.717, 1.165) is 17.7 Å². The highest BCUT2D eigenvalue weighted by molar-refractivity contribution is 9.10. The highest BCUT2D eigenvalue weighted by atomic mass is 79.9. The second-order valence-electron chi connectivity index (χ2n) is 2.58. The van der Waals surface area contributed by atoms with Crippen molar-refractivity contribution in [3.8, 4) is 0 Å². The zero-order chi connectivity index (χ0) is 8.39. The number of nitrogens with zero attached hydrogens (tertiary/aromatic N) is 1. The second kappa shape index (κ2) is 3.77. The SMILES string of the molecule is Brc1cnccc1SC1COC1. The summed E-state index contributed by atoms with van der Waals surface area (Å²) in [6.07, 6.45) is 3.63. The molecule has 2 nitrogen and oxygen atoms in total. The fourth-order valence-electron chi connectivity index (χ4n) is 0.920. The van der Waals surface area contributed by atoms with Gasteiger partial charge < -0.3 is 4.74 Å². The molecule has 0 N–H and O–H groups in total. The van der Waals surface area contributed by atoms with Crippen molar-refractivity contribution < 1.29 is 4.74 Å². The zero-order valence-corrected chi connectivity index (χ0v) is 8.77. The molecule has 0 bridgehead atoms. The van der Waals surface area contributed by atoms with Crippen molar-refractivity contribution in [2.45, 2.75) is 10.1 Å². The minimum Gasteiger partial charge on any atom is -0.379 e. The maximum absolute atomic E-state index is 5.10. The van der Waals surface area contributed by atoms with Crippen molar-refractivity contribution >= 4 is 27.7 Å². The van der Waals surface area contributed by atoms with Gasteiger partial charge in [-0.2, -0.15) is 0 Å². The summed E-state index contributed by atoms with van der Waals surface area (Å²) >= 11 is 5.30. The van der Waals surface area contributed by atoms with Gasteiger partial charge in [0.2, 0.25) is 0 Å². The molecule has 2 heterocycles. The van der Waals surface area contributed by atoms with Gasteiger partial charge in [0.1, 0.15) is 0 Å². The van der Waals surface area contributed by atoms with E-state index in [4.69, 9.17) is 4.74 Å². The van der Waals surface area contributed by atoms with Crippen LogP contribution < -0.4 is 0 Å². The molecule has 1 aromatic rings. The van der Waals surface area contributed by atoms with Crippen molar-refractivity contribution in [2.75, 3.05) is 13.2 Å². The first-order valence-corrected chi connectivity index (χ1v) is 5.37. The predicted octanol–water partition coefficient (Wildman–Crippen LogP) is 2.33. The van der Waals surface area contributed by atoms with E-state index in [1.54, 1.807) is 0 Å². The molecule has 1 fully saturated rings. The quantitative estimate of drug-likeness (QED) is 0.799. The Morgan fingerprint density at radius 3 is 3.00 bits per heavy atom. The standard InChI is InChI=1S/C8H8BrNOS/c9-7-3-10-2-1-8(7)12-6-4-11-5-6/h1-3,6H,4-5H2. The highest BCUT2D eigenvalue weighted by Crippen LogP contribution is 2.32. The maximum atomic E-state index is 5.10. The number of halogens is 1. The molecule has 0 aromatic carbocycles. The number of hydrogen-bond donors (Lipinski definition) is 0. The summed E-state index contributed by atoms with van der Waals surface area (Å²) in [4.78, 5) is 5.25. The van der Waals surface area contributed by atoms with Gasteiger partial charge in [0.05, 0.1) is 18.5 Å². The molecular formula is C8H8BrNOS. The van der Waals surface area contributed by atoms with Crippen molar-refractivity contribution in [1.29, 1.82) is 0 Å². The Balaban J connectivity index is 2.06. The van der Waals surface area contributed by atoms with Crippen molar-refractivity contribution in [2.24, 2.45) is 0 Å². The Kier molecular flexibility index (Phi) is 2.68. The third-order valence-electron chi connectivity index (χ3n) is 1.64. The zero-order valence-electron chi connectivity index (χ0n) is 6.37. The first-order chi connectivity index (χ1) is 5.86. The van der Waals surface area contributed by atoms with Gasteiger partial charge in [-0.1, -0.05) is 0 Å². The van der Waals surface area contributed by atoms with E-state index in [0.29, 0.717) is 5.25 Å². The first-order valence-electron chi connectivity index (χ1n) is 3.70. The third-order valence-corrected chi connectivity index (χ3v) is 3.75. The van der Waals surface area contributed by atoms with Gasteiger partial charge in [-0.25, -0.2) is 0 Å². The summed E-state index contributed by atoms with van der Waals surface area (Å²) < 4.78 is 6.17. The molecule has 0 radical (unpaired) electrons. The van der Waals surface area contributed by atoms with E-state index in [9.17, 15) is 0 Å². The van der Waals surface area contributed by atoms with E-state index < -0.39 is 0 Å². The van der Waals surface area contributed by atoms with Gasteiger partial charge in [0.25, 0.3) is 0 Å². The molecule has 2 rings (SSSR count). The predicted molar refractivity (Wildman–Crippen MR) is 52.4 cm³/mol. The Morgan fingerprint density at radius 1 is 1.58 bits per heavy atom. The molecule has 0 saturated carbocycles. The van der Waals surface area contributed by atoms with Crippen molar-refractivity contribution in [3.05, 3.63) is 22.9 Å². The lowest BCUT2D eigenvalue weighted by atomic mass is 10.4. The number of rotatable bonds is 2. The van der Waals surface area contributed by atoms with Crippen LogP contribution >= 0.6 is 27.7 Å². The van der Waals surface area contributed by atoms with Crippen LogP contribution in [-0.4, -0.2) is 23.4 Å². The van der Waals surface area contributed by atoms with Crippen LogP contribution in [-0.2, 0) is 4.74 Å². The Labute approximate surface area is 83.8 Å². The average molecular weight is 246 g/mol. The highest BCUT2D eigenvalue weighted by Gasteiger charge is 2.20. The minimum absolute atomic E-state index is 0.628. The van der Waals surface area contributed by atoms with Crippen LogP contribution in [0, 0.1) is 0 Å². The number of thioether (sulfide) groups is 1. The summed E-state index contributed by atoms with van der Waals surface area (Å²) in [6.45, 7) is 1.75. The molecule has 4 heteroatoms. The topological polar surface area (TPSA) is 22.1 Å². The van der Waals surface area contributed by atoms with Gasteiger partial charge in [-0.15, -0.1) is 11.8 Å². The summed E-state index contributed by atoms with van der Waals surface area (Å²) in [5.41, 5.74) is 0. The Hall–Kier alpha value is -0.0600. The van der Waals surface area contributed by atoms with Crippen LogP contribution in [0.25, 0.3) is 0 Å². The summed E-state index contributed by atoms with van der Waals surface area (Å²) in [6, 6.07) is 2.02. The van der Waals surface area contributed by atoms with E-state index in [1.807, 2.05) is 30.2 Å². The number of ether oxygens (including phenoxy) is 1.